The standard InChI is InChI=1S/C12H14FN3O2S/c13-8-2-1-3-9(6-8)19-7-11-15-12(18-16-11)10(14)4-5-17/h1-3,6,10,17H,4-5,7,14H2. The lowest BCUT2D eigenvalue weighted by Gasteiger charge is -2.01. The molecule has 0 saturated carbocycles. The molecule has 1 atom stereocenters. The average molecular weight is 283 g/mol. The van der Waals surface area contributed by atoms with Crippen LogP contribution in [0.3, 0.4) is 0 Å². The number of halogens is 1. The largest absolute Gasteiger partial charge is 0.396 e. The number of aliphatic hydroxyl groups is 1. The Bertz CT molecular complexity index is 535. The third-order valence-electron chi connectivity index (χ3n) is 2.41. The first kappa shape index (κ1) is 14.0. The van der Waals surface area contributed by atoms with Gasteiger partial charge in [-0.05, 0) is 24.6 Å². The molecule has 0 aliphatic rings. The molecule has 19 heavy (non-hydrogen) atoms. The fraction of sp³-hybridized carbons (Fsp3) is 0.333. The molecule has 1 aromatic carbocycles. The monoisotopic (exact) mass is 283 g/mol. The van der Waals surface area contributed by atoms with Crippen molar-refractivity contribution in [3.8, 4) is 0 Å². The van der Waals surface area contributed by atoms with Gasteiger partial charge >= 0.3 is 0 Å². The van der Waals surface area contributed by atoms with Crippen molar-refractivity contribution in [2.24, 2.45) is 5.73 Å². The Morgan fingerprint density at radius 3 is 3.05 bits per heavy atom. The number of nitrogens with zero attached hydrogens (tertiary/aromatic N) is 2. The number of nitrogens with two attached hydrogens (primary N) is 1. The SMILES string of the molecule is NC(CCO)c1nc(CSc2cccc(F)c2)no1. The third-order valence-corrected chi connectivity index (χ3v) is 3.39. The van der Waals surface area contributed by atoms with Gasteiger partial charge in [-0.25, -0.2) is 4.39 Å². The topological polar surface area (TPSA) is 85.2 Å². The van der Waals surface area contributed by atoms with Gasteiger partial charge in [-0.2, -0.15) is 4.98 Å². The zero-order valence-corrected chi connectivity index (χ0v) is 10.9. The molecule has 0 radical (unpaired) electrons. The van der Waals surface area contributed by atoms with Crippen LogP contribution in [0.25, 0.3) is 0 Å². The van der Waals surface area contributed by atoms with Crippen molar-refractivity contribution in [2.75, 3.05) is 6.61 Å². The zero-order valence-electron chi connectivity index (χ0n) is 10.1. The highest BCUT2D eigenvalue weighted by Crippen LogP contribution is 2.22. The van der Waals surface area contributed by atoms with E-state index in [4.69, 9.17) is 15.4 Å². The fourth-order valence-corrected chi connectivity index (χ4v) is 2.23. The van der Waals surface area contributed by atoms with Crippen LogP contribution >= 0.6 is 11.8 Å². The minimum Gasteiger partial charge on any atom is -0.396 e. The van der Waals surface area contributed by atoms with Crippen LogP contribution in [-0.4, -0.2) is 21.9 Å². The van der Waals surface area contributed by atoms with E-state index in [0.717, 1.165) is 4.90 Å². The highest BCUT2D eigenvalue weighted by Gasteiger charge is 2.14. The van der Waals surface area contributed by atoms with Crippen molar-refractivity contribution in [3.63, 3.8) is 0 Å². The van der Waals surface area contributed by atoms with Crippen molar-refractivity contribution in [3.05, 3.63) is 41.8 Å². The molecule has 5 nitrogen and oxygen atoms in total. The van der Waals surface area contributed by atoms with Crippen LogP contribution < -0.4 is 5.73 Å². The molecule has 1 unspecified atom stereocenters. The molecule has 3 N–H and O–H groups in total. The molecule has 2 rings (SSSR count). The molecule has 0 saturated heterocycles. The lowest BCUT2D eigenvalue weighted by molar-refractivity contribution is 0.259. The molecule has 0 fully saturated rings. The fourth-order valence-electron chi connectivity index (χ4n) is 1.44. The molecule has 0 amide bonds. The van der Waals surface area contributed by atoms with Crippen LogP contribution in [0.5, 0.6) is 0 Å². The summed E-state index contributed by atoms with van der Waals surface area (Å²) in [5.74, 6) is 1.00. The lowest BCUT2D eigenvalue weighted by Crippen LogP contribution is -2.12. The predicted molar refractivity (Wildman–Crippen MR) is 68.9 cm³/mol. The molecule has 0 spiro atoms. The maximum Gasteiger partial charge on any atom is 0.243 e. The maximum atomic E-state index is 13.0. The second-order valence-electron chi connectivity index (χ2n) is 3.91. The van der Waals surface area contributed by atoms with E-state index in [1.54, 1.807) is 6.07 Å². The highest BCUT2D eigenvalue weighted by molar-refractivity contribution is 7.98. The van der Waals surface area contributed by atoms with E-state index in [1.165, 1.54) is 23.9 Å². The number of aliphatic hydroxyl groups excluding tert-OH is 1. The summed E-state index contributed by atoms with van der Waals surface area (Å²) < 4.78 is 18.0. The zero-order chi connectivity index (χ0) is 13.7. The average Bonchev–Trinajstić information content (AvgIpc) is 2.86. The summed E-state index contributed by atoms with van der Waals surface area (Å²) in [7, 11) is 0. The quantitative estimate of drug-likeness (QED) is 0.787. The van der Waals surface area contributed by atoms with E-state index in [0.29, 0.717) is 23.9 Å². The summed E-state index contributed by atoms with van der Waals surface area (Å²) in [6.45, 7) is -0.0308. The van der Waals surface area contributed by atoms with Gasteiger partial charge in [-0.1, -0.05) is 11.2 Å². The van der Waals surface area contributed by atoms with Crippen molar-refractivity contribution in [1.82, 2.24) is 10.1 Å². The van der Waals surface area contributed by atoms with Crippen LogP contribution in [0.1, 0.15) is 24.2 Å². The first-order valence-electron chi connectivity index (χ1n) is 5.76. The molecular weight excluding hydrogens is 269 g/mol. The van der Waals surface area contributed by atoms with E-state index < -0.39 is 6.04 Å². The van der Waals surface area contributed by atoms with Crippen LogP contribution in [-0.2, 0) is 5.75 Å². The predicted octanol–water partition coefficient (Wildman–Crippen LogP) is 1.88. The maximum absolute atomic E-state index is 13.0. The summed E-state index contributed by atoms with van der Waals surface area (Å²) in [4.78, 5) is 4.94. The van der Waals surface area contributed by atoms with E-state index in [1.807, 2.05) is 6.07 Å². The minimum atomic E-state index is -0.453. The summed E-state index contributed by atoms with van der Waals surface area (Å²) >= 11 is 1.41. The number of hydrogen-bond acceptors (Lipinski definition) is 6. The molecule has 1 heterocycles. The van der Waals surface area contributed by atoms with Crippen molar-refractivity contribution in [2.45, 2.75) is 23.1 Å². The van der Waals surface area contributed by atoms with Crippen molar-refractivity contribution < 1.29 is 14.0 Å². The second-order valence-corrected chi connectivity index (χ2v) is 4.96. The van der Waals surface area contributed by atoms with Gasteiger partial charge in [0.05, 0.1) is 11.8 Å². The lowest BCUT2D eigenvalue weighted by atomic mass is 10.2. The Morgan fingerprint density at radius 1 is 1.47 bits per heavy atom. The first-order chi connectivity index (χ1) is 9.19. The Balaban J connectivity index is 1.93. The van der Waals surface area contributed by atoms with Gasteiger partial charge in [0.15, 0.2) is 5.82 Å². The molecule has 1 aromatic heterocycles. The van der Waals surface area contributed by atoms with Gasteiger partial charge in [-0.15, -0.1) is 11.8 Å². The van der Waals surface area contributed by atoms with Crippen LogP contribution in [0, 0.1) is 5.82 Å². The third kappa shape index (κ3) is 4.02. The first-order valence-corrected chi connectivity index (χ1v) is 6.75. The molecule has 2 aromatic rings. The van der Waals surface area contributed by atoms with Crippen LogP contribution in [0.2, 0.25) is 0 Å². The number of rotatable bonds is 6. The van der Waals surface area contributed by atoms with Gasteiger partial charge in [-0.3, -0.25) is 0 Å². The molecule has 0 aliphatic heterocycles. The van der Waals surface area contributed by atoms with Gasteiger partial charge < -0.3 is 15.4 Å². The molecule has 0 aliphatic carbocycles. The second kappa shape index (κ2) is 6.65. The summed E-state index contributed by atoms with van der Waals surface area (Å²) in [5, 5.41) is 12.6. The normalized spacial score (nSPS) is 12.6. The number of aromatic nitrogens is 2. The van der Waals surface area contributed by atoms with E-state index in [2.05, 4.69) is 10.1 Å². The molecule has 102 valence electrons. The van der Waals surface area contributed by atoms with Gasteiger partial charge in [0.25, 0.3) is 0 Å². The van der Waals surface area contributed by atoms with Gasteiger partial charge in [0.1, 0.15) is 5.82 Å². The van der Waals surface area contributed by atoms with Crippen molar-refractivity contribution in [1.29, 1.82) is 0 Å². The number of thioether (sulfide) groups is 1. The Labute approximate surface area is 114 Å². The van der Waals surface area contributed by atoms with Gasteiger partial charge in [0, 0.05) is 11.5 Å². The van der Waals surface area contributed by atoms with E-state index in [-0.39, 0.29) is 12.4 Å². The van der Waals surface area contributed by atoms with Crippen LogP contribution in [0.4, 0.5) is 4.39 Å². The van der Waals surface area contributed by atoms with E-state index in [9.17, 15) is 4.39 Å². The molecular formula is C12H14FN3O2S. The summed E-state index contributed by atoms with van der Waals surface area (Å²) in [6.07, 6.45) is 0.374. The minimum absolute atomic E-state index is 0.0308. The Hall–Kier alpha value is -1.44. The van der Waals surface area contributed by atoms with Gasteiger partial charge in [0.2, 0.25) is 5.89 Å². The number of benzene rings is 1. The van der Waals surface area contributed by atoms with Crippen LogP contribution in [0.15, 0.2) is 33.7 Å². The Kier molecular flexibility index (Phi) is 4.89. The van der Waals surface area contributed by atoms with E-state index >= 15 is 0 Å². The molecule has 0 bridgehead atoms. The summed E-state index contributed by atoms with van der Waals surface area (Å²) in [5.41, 5.74) is 5.73. The smallest absolute Gasteiger partial charge is 0.243 e. The Morgan fingerprint density at radius 2 is 2.32 bits per heavy atom. The summed E-state index contributed by atoms with van der Waals surface area (Å²) in [6, 6.07) is 5.85. The number of hydrogen-bond donors (Lipinski definition) is 2. The molecule has 7 heteroatoms. The highest BCUT2D eigenvalue weighted by atomic mass is 32.2. The van der Waals surface area contributed by atoms with Crippen molar-refractivity contribution >= 4 is 11.8 Å².